The van der Waals surface area contributed by atoms with Crippen molar-refractivity contribution >= 4 is 38.3 Å². The average Bonchev–Trinajstić information content (AvgIpc) is 3.08. The Bertz CT molecular complexity index is 864. The average molecular weight is 446 g/mol. The second-order valence-electron chi connectivity index (χ2n) is 8.33. The Morgan fingerprint density at radius 1 is 1.29 bits per heavy atom. The molecule has 6 heteroatoms. The van der Waals surface area contributed by atoms with Crippen LogP contribution < -0.4 is 5.32 Å². The first-order chi connectivity index (χ1) is 13.5. The molecule has 5 nitrogen and oxygen atoms in total. The fourth-order valence-corrected chi connectivity index (χ4v) is 4.98. The summed E-state index contributed by atoms with van der Waals surface area (Å²) in [6.45, 7) is 4.57. The van der Waals surface area contributed by atoms with Crippen LogP contribution in [0.3, 0.4) is 0 Å². The molecule has 1 aromatic heterocycles. The number of hydrogen-bond acceptors (Lipinski definition) is 5. The molecule has 1 saturated carbocycles. The van der Waals surface area contributed by atoms with E-state index < -0.39 is 0 Å². The molecule has 0 spiro atoms. The highest BCUT2D eigenvalue weighted by molar-refractivity contribution is 9.10. The van der Waals surface area contributed by atoms with Crippen LogP contribution in [0.15, 0.2) is 28.9 Å². The van der Waals surface area contributed by atoms with Crippen LogP contribution in [0.2, 0.25) is 0 Å². The Hall–Kier alpha value is -1.50. The first-order valence-corrected chi connectivity index (χ1v) is 11.0. The van der Waals surface area contributed by atoms with Crippen molar-refractivity contribution in [2.75, 3.05) is 25.0 Å². The molecule has 0 bridgehead atoms. The zero-order valence-electron chi connectivity index (χ0n) is 16.3. The van der Waals surface area contributed by atoms with Crippen molar-refractivity contribution in [3.63, 3.8) is 0 Å². The maximum Gasteiger partial charge on any atom is 0.163 e. The number of likely N-dealkylation sites (tertiary alicyclic amines) is 1. The minimum atomic E-state index is -0.137. The van der Waals surface area contributed by atoms with Crippen molar-refractivity contribution in [3.8, 4) is 0 Å². The number of nitrogens with zero attached hydrogens (tertiary/aromatic N) is 2. The SMILES string of the molecule is CC(=O)c1cnc2ccc(Br)cc2c1NC1CCC(CN2CCC(O)C2)CC1. The van der Waals surface area contributed by atoms with E-state index in [0.717, 1.165) is 60.0 Å². The standard InChI is InChI=1S/C22H28BrN3O2/c1-14(27)20-11-24-21-7-4-16(23)10-19(21)22(20)25-17-5-2-15(3-6-17)12-26-9-8-18(28)13-26/h4,7,10-11,15,17-18,28H,2-3,5-6,8-9,12-13H2,1H3,(H,24,25). The highest BCUT2D eigenvalue weighted by atomic mass is 79.9. The van der Waals surface area contributed by atoms with E-state index in [1.54, 1.807) is 13.1 Å². The van der Waals surface area contributed by atoms with Gasteiger partial charge in [-0.25, -0.2) is 0 Å². The number of anilines is 1. The molecule has 4 rings (SSSR count). The molecule has 1 aromatic carbocycles. The van der Waals surface area contributed by atoms with Crippen molar-refractivity contribution in [2.45, 2.75) is 51.2 Å². The molecule has 1 unspecified atom stereocenters. The second-order valence-corrected chi connectivity index (χ2v) is 9.24. The van der Waals surface area contributed by atoms with E-state index in [9.17, 15) is 9.90 Å². The molecule has 28 heavy (non-hydrogen) atoms. The summed E-state index contributed by atoms with van der Waals surface area (Å²) in [6.07, 6.45) is 7.06. The lowest BCUT2D eigenvalue weighted by atomic mass is 9.85. The van der Waals surface area contributed by atoms with Crippen molar-refractivity contribution in [2.24, 2.45) is 5.92 Å². The Balaban J connectivity index is 1.46. The molecule has 2 heterocycles. The fourth-order valence-electron chi connectivity index (χ4n) is 4.62. The lowest BCUT2D eigenvalue weighted by molar-refractivity contribution is 0.101. The quantitative estimate of drug-likeness (QED) is 0.673. The summed E-state index contributed by atoms with van der Waals surface area (Å²) in [4.78, 5) is 19.1. The van der Waals surface area contributed by atoms with E-state index in [2.05, 4.69) is 31.1 Å². The summed E-state index contributed by atoms with van der Waals surface area (Å²) in [5.41, 5.74) is 2.49. The number of halogens is 1. The number of aliphatic hydroxyl groups excluding tert-OH is 1. The maximum absolute atomic E-state index is 12.2. The number of rotatable bonds is 5. The molecule has 2 aliphatic rings. The van der Waals surface area contributed by atoms with Crippen molar-refractivity contribution in [1.29, 1.82) is 0 Å². The zero-order valence-corrected chi connectivity index (χ0v) is 17.9. The summed E-state index contributed by atoms with van der Waals surface area (Å²) < 4.78 is 0.988. The summed E-state index contributed by atoms with van der Waals surface area (Å²) in [6, 6.07) is 6.38. The van der Waals surface area contributed by atoms with Gasteiger partial charge in [0, 0.05) is 41.7 Å². The molecule has 1 aliphatic heterocycles. The maximum atomic E-state index is 12.2. The van der Waals surface area contributed by atoms with Gasteiger partial charge in [0.25, 0.3) is 0 Å². The van der Waals surface area contributed by atoms with Gasteiger partial charge in [-0.2, -0.15) is 0 Å². The van der Waals surface area contributed by atoms with Crippen LogP contribution in [0.5, 0.6) is 0 Å². The Morgan fingerprint density at radius 2 is 2.07 bits per heavy atom. The number of Topliss-reactive ketones (excluding diaryl/α,β-unsaturated/α-hetero) is 1. The van der Waals surface area contributed by atoms with E-state index in [0.29, 0.717) is 17.5 Å². The molecule has 1 aliphatic carbocycles. The topological polar surface area (TPSA) is 65.5 Å². The monoisotopic (exact) mass is 445 g/mol. The van der Waals surface area contributed by atoms with Crippen LogP contribution in [0.1, 0.15) is 49.4 Å². The number of aliphatic hydroxyl groups is 1. The van der Waals surface area contributed by atoms with Gasteiger partial charge in [0.1, 0.15) is 0 Å². The number of benzene rings is 1. The third kappa shape index (κ3) is 4.39. The van der Waals surface area contributed by atoms with Gasteiger partial charge in [0.2, 0.25) is 0 Å². The van der Waals surface area contributed by atoms with Crippen LogP contribution in [-0.4, -0.2) is 52.6 Å². The molecule has 150 valence electrons. The van der Waals surface area contributed by atoms with Gasteiger partial charge in [-0.3, -0.25) is 9.78 Å². The van der Waals surface area contributed by atoms with Crippen LogP contribution in [-0.2, 0) is 0 Å². The molecule has 0 radical (unpaired) electrons. The molecule has 2 N–H and O–H groups in total. The molecular weight excluding hydrogens is 418 g/mol. The summed E-state index contributed by atoms with van der Waals surface area (Å²) in [5.74, 6) is 0.747. The van der Waals surface area contributed by atoms with Gasteiger partial charge in [-0.05, 0) is 63.1 Å². The van der Waals surface area contributed by atoms with Gasteiger partial charge in [-0.15, -0.1) is 0 Å². The van der Waals surface area contributed by atoms with Crippen LogP contribution in [0, 0.1) is 5.92 Å². The van der Waals surface area contributed by atoms with Gasteiger partial charge in [-0.1, -0.05) is 15.9 Å². The lowest BCUT2D eigenvalue weighted by Gasteiger charge is -2.32. The molecule has 2 aromatic rings. The zero-order chi connectivity index (χ0) is 19.7. The number of pyridine rings is 1. The third-order valence-corrected chi connectivity index (χ3v) is 6.66. The molecular formula is C22H28BrN3O2. The van der Waals surface area contributed by atoms with Gasteiger partial charge in [0.15, 0.2) is 5.78 Å². The number of carbonyl (C=O) groups is 1. The first kappa shape index (κ1) is 19.8. The summed E-state index contributed by atoms with van der Waals surface area (Å²) in [5, 5.41) is 14.4. The van der Waals surface area contributed by atoms with Crippen molar-refractivity contribution in [1.82, 2.24) is 9.88 Å². The minimum absolute atomic E-state index is 0.0400. The van der Waals surface area contributed by atoms with E-state index in [4.69, 9.17) is 0 Å². The van der Waals surface area contributed by atoms with Crippen molar-refractivity contribution < 1.29 is 9.90 Å². The second kappa shape index (κ2) is 8.47. The lowest BCUT2D eigenvalue weighted by Crippen LogP contribution is -2.33. The minimum Gasteiger partial charge on any atom is -0.392 e. The number of fused-ring (bicyclic) bond motifs is 1. The predicted octanol–water partition coefficient (Wildman–Crippen LogP) is 4.24. The third-order valence-electron chi connectivity index (χ3n) is 6.17. The van der Waals surface area contributed by atoms with Gasteiger partial charge >= 0.3 is 0 Å². The highest BCUT2D eigenvalue weighted by Gasteiger charge is 2.27. The number of β-amino-alcohol motifs (C(OH)–C–C–N with tert-alkyl or cyclic N) is 1. The highest BCUT2D eigenvalue weighted by Crippen LogP contribution is 2.33. The van der Waals surface area contributed by atoms with E-state index in [-0.39, 0.29) is 11.9 Å². The molecule has 1 saturated heterocycles. The van der Waals surface area contributed by atoms with Gasteiger partial charge < -0.3 is 15.3 Å². The number of hydrogen-bond donors (Lipinski definition) is 2. The Kier molecular flexibility index (Phi) is 5.99. The molecule has 1 atom stereocenters. The largest absolute Gasteiger partial charge is 0.392 e. The Labute approximate surface area is 174 Å². The van der Waals surface area contributed by atoms with Crippen molar-refractivity contribution in [3.05, 3.63) is 34.4 Å². The summed E-state index contributed by atoms with van der Waals surface area (Å²) in [7, 11) is 0. The first-order valence-electron chi connectivity index (χ1n) is 10.3. The number of carbonyl (C=O) groups excluding carboxylic acids is 1. The van der Waals surface area contributed by atoms with Crippen LogP contribution in [0.25, 0.3) is 10.9 Å². The van der Waals surface area contributed by atoms with Gasteiger partial charge in [0.05, 0.1) is 22.9 Å². The van der Waals surface area contributed by atoms with Crippen LogP contribution >= 0.6 is 15.9 Å². The number of aromatic nitrogens is 1. The number of nitrogens with one attached hydrogen (secondary N) is 1. The predicted molar refractivity (Wildman–Crippen MR) is 116 cm³/mol. The molecule has 2 fully saturated rings. The van der Waals surface area contributed by atoms with E-state index >= 15 is 0 Å². The Morgan fingerprint density at radius 3 is 2.75 bits per heavy atom. The van der Waals surface area contributed by atoms with E-state index in [1.807, 2.05) is 18.2 Å². The fraction of sp³-hybridized carbons (Fsp3) is 0.545. The summed E-state index contributed by atoms with van der Waals surface area (Å²) >= 11 is 3.54. The van der Waals surface area contributed by atoms with E-state index in [1.165, 1.54) is 12.8 Å². The number of ketones is 1. The molecule has 0 amide bonds. The van der Waals surface area contributed by atoms with Crippen LogP contribution in [0.4, 0.5) is 5.69 Å². The smallest absolute Gasteiger partial charge is 0.163 e. The normalized spacial score (nSPS) is 25.9.